The smallest absolute Gasteiger partial charge is 0.137 e. The molecule has 0 saturated heterocycles. The molecule has 0 radical (unpaired) electrons. The Bertz CT molecular complexity index is 556. The number of aromatic nitrogens is 2. The number of hydrogen-bond acceptors (Lipinski definition) is 2. The van der Waals surface area contributed by atoms with Gasteiger partial charge in [-0.3, -0.25) is 0 Å². The molecule has 0 spiro atoms. The highest BCUT2D eigenvalue weighted by Gasteiger charge is 2.11. The van der Waals surface area contributed by atoms with Crippen LogP contribution in [0.3, 0.4) is 0 Å². The van der Waals surface area contributed by atoms with Gasteiger partial charge >= 0.3 is 0 Å². The summed E-state index contributed by atoms with van der Waals surface area (Å²) in [5.41, 5.74) is 2.05. The SMILES string of the molecule is Clc1ccc2nc(CNC3CCCCCCC3)cn2c1. The Hall–Kier alpha value is -1.06. The molecule has 108 valence electrons. The van der Waals surface area contributed by atoms with Crippen molar-refractivity contribution in [1.29, 1.82) is 0 Å². The first-order chi connectivity index (χ1) is 9.81. The molecule has 1 saturated carbocycles. The van der Waals surface area contributed by atoms with Crippen LogP contribution in [0.2, 0.25) is 5.02 Å². The van der Waals surface area contributed by atoms with E-state index >= 15 is 0 Å². The molecule has 20 heavy (non-hydrogen) atoms. The maximum atomic E-state index is 6.00. The fourth-order valence-electron chi connectivity index (χ4n) is 3.01. The van der Waals surface area contributed by atoms with E-state index in [0.29, 0.717) is 6.04 Å². The van der Waals surface area contributed by atoms with Crippen LogP contribution in [0.25, 0.3) is 5.65 Å². The van der Waals surface area contributed by atoms with Crippen molar-refractivity contribution in [3.8, 4) is 0 Å². The number of nitrogens with zero attached hydrogens (tertiary/aromatic N) is 2. The van der Waals surface area contributed by atoms with Crippen LogP contribution in [-0.4, -0.2) is 15.4 Å². The number of pyridine rings is 1. The summed E-state index contributed by atoms with van der Waals surface area (Å²) in [5, 5.41) is 4.42. The molecule has 0 aliphatic heterocycles. The van der Waals surface area contributed by atoms with Gasteiger partial charge in [0.05, 0.1) is 10.7 Å². The number of nitrogens with one attached hydrogen (secondary N) is 1. The van der Waals surface area contributed by atoms with Crippen molar-refractivity contribution in [3.63, 3.8) is 0 Å². The van der Waals surface area contributed by atoms with Gasteiger partial charge in [0.25, 0.3) is 0 Å². The molecular weight excluding hydrogens is 270 g/mol. The fourth-order valence-corrected chi connectivity index (χ4v) is 3.18. The third-order valence-corrected chi connectivity index (χ3v) is 4.37. The van der Waals surface area contributed by atoms with Gasteiger partial charge in [-0.15, -0.1) is 0 Å². The van der Waals surface area contributed by atoms with Crippen molar-refractivity contribution in [2.45, 2.75) is 57.5 Å². The minimum atomic E-state index is 0.656. The summed E-state index contributed by atoms with van der Waals surface area (Å²) in [6.45, 7) is 0.851. The van der Waals surface area contributed by atoms with Crippen molar-refractivity contribution in [3.05, 3.63) is 35.2 Å². The summed E-state index contributed by atoms with van der Waals surface area (Å²) in [7, 11) is 0. The molecule has 3 rings (SSSR count). The predicted molar refractivity (Wildman–Crippen MR) is 83.1 cm³/mol. The Balaban J connectivity index is 1.60. The van der Waals surface area contributed by atoms with Gasteiger partial charge in [-0.1, -0.05) is 43.7 Å². The molecule has 0 unspecified atom stereocenters. The highest BCUT2D eigenvalue weighted by Crippen LogP contribution is 2.18. The first-order valence-corrected chi connectivity index (χ1v) is 8.05. The minimum Gasteiger partial charge on any atom is -0.308 e. The Morgan fingerprint density at radius 2 is 1.85 bits per heavy atom. The predicted octanol–water partition coefficient (Wildman–Crippen LogP) is 4.19. The number of fused-ring (bicyclic) bond motifs is 1. The van der Waals surface area contributed by atoms with E-state index in [9.17, 15) is 0 Å². The zero-order valence-electron chi connectivity index (χ0n) is 11.8. The maximum Gasteiger partial charge on any atom is 0.137 e. The highest BCUT2D eigenvalue weighted by molar-refractivity contribution is 6.30. The monoisotopic (exact) mass is 291 g/mol. The van der Waals surface area contributed by atoms with Gasteiger partial charge in [0.2, 0.25) is 0 Å². The summed E-state index contributed by atoms with van der Waals surface area (Å²) >= 11 is 6.00. The van der Waals surface area contributed by atoms with Crippen molar-refractivity contribution < 1.29 is 0 Å². The van der Waals surface area contributed by atoms with Crippen LogP contribution in [0.15, 0.2) is 24.5 Å². The summed E-state index contributed by atoms with van der Waals surface area (Å²) in [5.74, 6) is 0. The van der Waals surface area contributed by atoms with Crippen LogP contribution in [0.4, 0.5) is 0 Å². The quantitative estimate of drug-likeness (QED) is 0.919. The molecule has 3 nitrogen and oxygen atoms in total. The van der Waals surface area contributed by atoms with Gasteiger partial charge in [-0.25, -0.2) is 4.98 Å². The molecule has 4 heteroatoms. The summed E-state index contributed by atoms with van der Waals surface area (Å²) in [6, 6.07) is 4.50. The first kappa shape index (κ1) is 13.9. The molecule has 1 aliphatic carbocycles. The second kappa shape index (κ2) is 6.59. The van der Waals surface area contributed by atoms with E-state index in [1.54, 1.807) is 0 Å². The molecule has 2 heterocycles. The normalized spacial score (nSPS) is 18.1. The fraction of sp³-hybridized carbons (Fsp3) is 0.562. The number of rotatable bonds is 3. The molecule has 0 atom stereocenters. The second-order valence-corrected chi connectivity index (χ2v) is 6.20. The Morgan fingerprint density at radius 1 is 1.10 bits per heavy atom. The van der Waals surface area contributed by atoms with E-state index in [-0.39, 0.29) is 0 Å². The number of imidazole rings is 1. The molecule has 0 bridgehead atoms. The average molecular weight is 292 g/mol. The van der Waals surface area contributed by atoms with Crippen molar-refractivity contribution >= 4 is 17.2 Å². The van der Waals surface area contributed by atoms with Crippen molar-refractivity contribution in [1.82, 2.24) is 14.7 Å². The lowest BCUT2D eigenvalue weighted by Gasteiger charge is -2.20. The molecular formula is C16H22ClN3. The van der Waals surface area contributed by atoms with E-state index in [1.807, 2.05) is 22.7 Å². The van der Waals surface area contributed by atoms with Crippen LogP contribution in [0.5, 0.6) is 0 Å². The standard InChI is InChI=1S/C16H22ClN3/c17-13-8-9-16-19-15(12-20(16)11-13)10-18-14-6-4-2-1-3-5-7-14/h8-9,11-12,14,18H,1-7,10H2. The third kappa shape index (κ3) is 3.53. The minimum absolute atomic E-state index is 0.656. The molecule has 2 aromatic rings. The molecule has 1 N–H and O–H groups in total. The van der Waals surface area contributed by atoms with Gasteiger partial charge in [0.1, 0.15) is 5.65 Å². The van der Waals surface area contributed by atoms with Crippen molar-refractivity contribution in [2.24, 2.45) is 0 Å². The topological polar surface area (TPSA) is 29.3 Å². The zero-order chi connectivity index (χ0) is 13.8. The summed E-state index contributed by atoms with van der Waals surface area (Å²) < 4.78 is 2.00. The number of halogens is 1. The van der Waals surface area contributed by atoms with Gasteiger partial charge in [0, 0.05) is 25.0 Å². The molecule has 0 amide bonds. The lowest BCUT2D eigenvalue weighted by molar-refractivity contribution is 0.388. The van der Waals surface area contributed by atoms with E-state index in [0.717, 1.165) is 22.9 Å². The molecule has 1 fully saturated rings. The largest absolute Gasteiger partial charge is 0.308 e. The zero-order valence-corrected chi connectivity index (χ0v) is 12.6. The Labute approximate surface area is 125 Å². The summed E-state index contributed by atoms with van der Waals surface area (Å²) in [4.78, 5) is 4.62. The van der Waals surface area contributed by atoms with E-state index < -0.39 is 0 Å². The number of hydrogen-bond donors (Lipinski definition) is 1. The van der Waals surface area contributed by atoms with Crippen molar-refractivity contribution in [2.75, 3.05) is 0 Å². The van der Waals surface area contributed by atoms with Gasteiger partial charge in [0.15, 0.2) is 0 Å². The van der Waals surface area contributed by atoms with Gasteiger partial charge in [-0.2, -0.15) is 0 Å². The van der Waals surface area contributed by atoms with E-state index in [2.05, 4.69) is 16.5 Å². The van der Waals surface area contributed by atoms with Crippen LogP contribution >= 0.6 is 11.6 Å². The van der Waals surface area contributed by atoms with Crippen LogP contribution in [0, 0.1) is 0 Å². The lowest BCUT2D eigenvalue weighted by atomic mass is 9.97. The third-order valence-electron chi connectivity index (χ3n) is 4.14. The van der Waals surface area contributed by atoms with Gasteiger partial charge in [-0.05, 0) is 25.0 Å². The highest BCUT2D eigenvalue weighted by atomic mass is 35.5. The molecule has 2 aromatic heterocycles. The van der Waals surface area contributed by atoms with E-state index in [1.165, 1.54) is 44.9 Å². The Morgan fingerprint density at radius 3 is 2.65 bits per heavy atom. The average Bonchev–Trinajstić information content (AvgIpc) is 2.79. The van der Waals surface area contributed by atoms with E-state index in [4.69, 9.17) is 11.6 Å². The van der Waals surface area contributed by atoms with Crippen LogP contribution < -0.4 is 5.32 Å². The Kier molecular flexibility index (Phi) is 4.58. The van der Waals surface area contributed by atoms with Crippen LogP contribution in [-0.2, 0) is 6.54 Å². The maximum absolute atomic E-state index is 6.00. The lowest BCUT2D eigenvalue weighted by Crippen LogP contribution is -2.29. The van der Waals surface area contributed by atoms with Gasteiger partial charge < -0.3 is 9.72 Å². The molecule has 1 aliphatic rings. The molecule has 0 aromatic carbocycles. The second-order valence-electron chi connectivity index (χ2n) is 5.77. The summed E-state index contributed by atoms with van der Waals surface area (Å²) in [6.07, 6.45) is 13.5. The first-order valence-electron chi connectivity index (χ1n) is 7.68. The van der Waals surface area contributed by atoms with Crippen LogP contribution in [0.1, 0.15) is 50.6 Å².